The largest absolute Gasteiger partial charge is 0.510 e. The van der Waals surface area contributed by atoms with Crippen LogP contribution in [-0.2, 0) is 11.4 Å². The number of aliphatic hydroxyl groups is 1. The van der Waals surface area contributed by atoms with Crippen molar-refractivity contribution in [2.45, 2.75) is 6.61 Å². The topological polar surface area (TPSA) is 49.8 Å². The molecule has 1 amide bonds. The van der Waals surface area contributed by atoms with E-state index >= 15 is 0 Å². The Bertz CT molecular complexity index is 722. The van der Waals surface area contributed by atoms with E-state index in [0.717, 1.165) is 5.56 Å². The molecule has 0 saturated carbocycles. The Morgan fingerprint density at radius 1 is 1.14 bits per heavy atom. The van der Waals surface area contributed by atoms with Crippen LogP contribution >= 0.6 is 0 Å². The number of benzene rings is 2. The van der Waals surface area contributed by atoms with Gasteiger partial charge in [-0.25, -0.2) is 0 Å². The highest BCUT2D eigenvalue weighted by Crippen LogP contribution is 2.28. The van der Waals surface area contributed by atoms with Gasteiger partial charge in [-0.3, -0.25) is 4.79 Å². The Hall–Kier alpha value is -2.75. The summed E-state index contributed by atoms with van der Waals surface area (Å²) in [7, 11) is 1.67. The third-order valence-corrected chi connectivity index (χ3v) is 3.61. The smallest absolute Gasteiger partial charge is 0.258 e. The molecule has 0 radical (unpaired) electrons. The zero-order chi connectivity index (χ0) is 15.5. The Morgan fingerprint density at radius 2 is 1.91 bits per heavy atom. The lowest BCUT2D eigenvalue weighted by Gasteiger charge is -2.10. The van der Waals surface area contributed by atoms with Gasteiger partial charge >= 0.3 is 0 Å². The van der Waals surface area contributed by atoms with E-state index in [1.165, 1.54) is 4.90 Å². The van der Waals surface area contributed by atoms with E-state index in [2.05, 4.69) is 0 Å². The van der Waals surface area contributed by atoms with Gasteiger partial charge in [0.15, 0.2) is 0 Å². The van der Waals surface area contributed by atoms with E-state index in [-0.39, 0.29) is 18.2 Å². The van der Waals surface area contributed by atoms with Gasteiger partial charge in [0.1, 0.15) is 18.1 Å². The second-order valence-corrected chi connectivity index (χ2v) is 5.29. The van der Waals surface area contributed by atoms with Crippen molar-refractivity contribution in [3.63, 3.8) is 0 Å². The average Bonchev–Trinajstić information content (AvgIpc) is 2.79. The van der Waals surface area contributed by atoms with Crippen molar-refractivity contribution in [2.24, 2.45) is 0 Å². The third kappa shape index (κ3) is 2.81. The molecule has 0 bridgehead atoms. The normalized spacial score (nSPS) is 14.6. The highest BCUT2D eigenvalue weighted by atomic mass is 16.5. The maximum Gasteiger partial charge on any atom is 0.258 e. The van der Waals surface area contributed by atoms with Crippen LogP contribution in [0.25, 0.3) is 5.57 Å². The number of aliphatic hydroxyl groups excluding tert-OH is 1. The van der Waals surface area contributed by atoms with Crippen molar-refractivity contribution in [2.75, 3.05) is 13.6 Å². The average molecular weight is 295 g/mol. The first-order valence-electron chi connectivity index (χ1n) is 7.10. The summed E-state index contributed by atoms with van der Waals surface area (Å²) in [6.45, 7) is 0.715. The van der Waals surface area contributed by atoms with Gasteiger partial charge in [-0.2, -0.15) is 0 Å². The van der Waals surface area contributed by atoms with Crippen LogP contribution in [0.15, 0.2) is 60.4 Å². The van der Waals surface area contributed by atoms with Gasteiger partial charge in [0.2, 0.25) is 0 Å². The minimum absolute atomic E-state index is 0.104. The molecule has 4 nitrogen and oxygen atoms in total. The summed E-state index contributed by atoms with van der Waals surface area (Å²) in [6.07, 6.45) is 0. The predicted molar refractivity (Wildman–Crippen MR) is 84.4 cm³/mol. The molecule has 0 aromatic heterocycles. The molecule has 0 atom stereocenters. The lowest BCUT2D eigenvalue weighted by Crippen LogP contribution is -2.21. The van der Waals surface area contributed by atoms with Crippen molar-refractivity contribution in [1.82, 2.24) is 4.90 Å². The Morgan fingerprint density at radius 3 is 2.59 bits per heavy atom. The van der Waals surface area contributed by atoms with Crippen LogP contribution in [0.2, 0.25) is 0 Å². The fourth-order valence-corrected chi connectivity index (χ4v) is 2.46. The number of hydrogen-bond donors (Lipinski definition) is 1. The summed E-state index contributed by atoms with van der Waals surface area (Å²) in [5, 5.41) is 9.96. The molecule has 0 unspecified atom stereocenters. The highest BCUT2D eigenvalue weighted by Gasteiger charge is 2.28. The monoisotopic (exact) mass is 295 g/mol. The van der Waals surface area contributed by atoms with Gasteiger partial charge < -0.3 is 14.7 Å². The number of nitrogens with zero attached hydrogens (tertiary/aromatic N) is 1. The van der Waals surface area contributed by atoms with E-state index in [0.29, 0.717) is 23.5 Å². The summed E-state index contributed by atoms with van der Waals surface area (Å²) in [5.41, 5.74) is 2.11. The number of carbonyl (C=O) groups excluding carboxylic acids is 1. The SMILES string of the molecule is CN1CC(O)=C(c2cccc(OCc3ccccc3)c2)C1=O. The molecule has 112 valence electrons. The molecule has 0 spiro atoms. The second-order valence-electron chi connectivity index (χ2n) is 5.29. The van der Waals surface area contributed by atoms with Crippen LogP contribution in [0.5, 0.6) is 5.75 Å². The summed E-state index contributed by atoms with van der Waals surface area (Å²) in [6, 6.07) is 17.1. The number of rotatable bonds is 4. The fourth-order valence-electron chi connectivity index (χ4n) is 2.46. The minimum atomic E-state index is -0.169. The third-order valence-electron chi connectivity index (χ3n) is 3.61. The van der Waals surface area contributed by atoms with Crippen LogP contribution in [0.3, 0.4) is 0 Å². The van der Waals surface area contributed by atoms with Gasteiger partial charge in [0, 0.05) is 7.05 Å². The van der Waals surface area contributed by atoms with E-state index < -0.39 is 0 Å². The fraction of sp³-hybridized carbons (Fsp3) is 0.167. The zero-order valence-corrected chi connectivity index (χ0v) is 12.3. The van der Waals surface area contributed by atoms with Gasteiger partial charge in [0.05, 0.1) is 12.1 Å². The first kappa shape index (κ1) is 14.2. The maximum atomic E-state index is 12.1. The molecule has 3 rings (SSSR count). The van der Waals surface area contributed by atoms with E-state index in [9.17, 15) is 9.90 Å². The standard InChI is InChI=1S/C18H17NO3/c1-19-11-16(20)17(18(19)21)14-8-5-9-15(10-14)22-12-13-6-3-2-4-7-13/h2-10,20H,11-12H2,1H3. The molecule has 1 aliphatic heterocycles. The maximum absolute atomic E-state index is 12.1. The first-order valence-corrected chi connectivity index (χ1v) is 7.10. The van der Waals surface area contributed by atoms with E-state index in [1.54, 1.807) is 19.2 Å². The summed E-state index contributed by atoms with van der Waals surface area (Å²) < 4.78 is 5.76. The number of carbonyl (C=O) groups is 1. The predicted octanol–water partition coefficient (Wildman–Crippen LogP) is 3.01. The van der Waals surface area contributed by atoms with Crippen LogP contribution < -0.4 is 4.74 Å². The molecule has 1 N–H and O–H groups in total. The quantitative estimate of drug-likeness (QED) is 0.943. The van der Waals surface area contributed by atoms with Gasteiger partial charge in [0.25, 0.3) is 5.91 Å². The van der Waals surface area contributed by atoms with Crippen LogP contribution in [0, 0.1) is 0 Å². The number of amides is 1. The Balaban J connectivity index is 1.79. The van der Waals surface area contributed by atoms with E-state index in [4.69, 9.17) is 4.74 Å². The molecule has 4 heteroatoms. The molecule has 1 heterocycles. The number of likely N-dealkylation sites (N-methyl/N-ethyl adjacent to an activating group) is 1. The van der Waals surface area contributed by atoms with Crippen molar-refractivity contribution in [1.29, 1.82) is 0 Å². The summed E-state index contributed by atoms with van der Waals surface area (Å²) >= 11 is 0. The van der Waals surface area contributed by atoms with Crippen molar-refractivity contribution >= 4 is 11.5 Å². The van der Waals surface area contributed by atoms with Crippen molar-refractivity contribution < 1.29 is 14.6 Å². The molecule has 2 aromatic rings. The minimum Gasteiger partial charge on any atom is -0.510 e. The molecule has 0 fully saturated rings. The molecule has 0 saturated heterocycles. The zero-order valence-electron chi connectivity index (χ0n) is 12.3. The van der Waals surface area contributed by atoms with Crippen molar-refractivity contribution in [3.8, 4) is 5.75 Å². The van der Waals surface area contributed by atoms with Crippen molar-refractivity contribution in [3.05, 3.63) is 71.5 Å². The molecule has 2 aromatic carbocycles. The van der Waals surface area contributed by atoms with E-state index in [1.807, 2.05) is 42.5 Å². The lowest BCUT2D eigenvalue weighted by atomic mass is 10.1. The van der Waals surface area contributed by atoms with Gasteiger partial charge in [-0.15, -0.1) is 0 Å². The van der Waals surface area contributed by atoms with Gasteiger partial charge in [-0.05, 0) is 23.3 Å². The van der Waals surface area contributed by atoms with Crippen LogP contribution in [0.1, 0.15) is 11.1 Å². The highest BCUT2D eigenvalue weighted by molar-refractivity contribution is 6.22. The van der Waals surface area contributed by atoms with Gasteiger partial charge in [-0.1, -0.05) is 42.5 Å². The molecular weight excluding hydrogens is 278 g/mol. The number of hydrogen-bond acceptors (Lipinski definition) is 3. The Labute approximate surface area is 129 Å². The summed E-state index contributed by atoms with van der Waals surface area (Å²) in [5.74, 6) is 0.606. The lowest BCUT2D eigenvalue weighted by molar-refractivity contribution is -0.122. The van der Waals surface area contributed by atoms with Crippen LogP contribution in [0.4, 0.5) is 0 Å². The van der Waals surface area contributed by atoms with Crippen LogP contribution in [-0.4, -0.2) is 29.5 Å². The molecule has 0 aliphatic carbocycles. The Kier molecular flexibility index (Phi) is 3.83. The molecular formula is C18H17NO3. The molecule has 22 heavy (non-hydrogen) atoms. The number of ether oxygens (including phenoxy) is 1. The first-order chi connectivity index (χ1) is 10.6. The molecule has 1 aliphatic rings. The second kappa shape index (κ2) is 5.93. The summed E-state index contributed by atoms with van der Waals surface area (Å²) in [4.78, 5) is 13.6.